The molecule has 0 fully saturated rings. The molecule has 0 aliphatic carbocycles. The van der Waals surface area contributed by atoms with Crippen molar-refractivity contribution in [3.63, 3.8) is 0 Å². The van der Waals surface area contributed by atoms with Crippen molar-refractivity contribution in [3.05, 3.63) is 207 Å². The van der Waals surface area contributed by atoms with E-state index in [0.717, 1.165) is 33.9 Å². The highest BCUT2D eigenvalue weighted by molar-refractivity contribution is 6.34. The second kappa shape index (κ2) is 13.3. The lowest BCUT2D eigenvalue weighted by Gasteiger charge is -2.27. The third-order valence-corrected chi connectivity index (χ3v) is 10.6. The van der Waals surface area contributed by atoms with E-state index < -0.39 is 0 Å². The van der Waals surface area contributed by atoms with Crippen molar-refractivity contribution in [2.45, 2.75) is 0 Å². The van der Waals surface area contributed by atoms with Gasteiger partial charge in [-0.2, -0.15) is 0 Å². The SMILES string of the molecule is C=C/C=C(\C=C)c1ccc(N(c2ccc(-c3ccccc3)cc2)c2ccc(N(C)c3ccc4c5cccc6cccc(c7cccc3c74)c65)cc2)cc1. The van der Waals surface area contributed by atoms with E-state index in [1.165, 1.54) is 59.9 Å². The van der Waals surface area contributed by atoms with Crippen LogP contribution in [0.3, 0.4) is 0 Å². The van der Waals surface area contributed by atoms with Gasteiger partial charge in [-0.05, 0) is 115 Å². The van der Waals surface area contributed by atoms with Crippen molar-refractivity contribution in [2.24, 2.45) is 0 Å². The van der Waals surface area contributed by atoms with E-state index in [2.05, 4.69) is 200 Å². The third kappa shape index (κ3) is 5.53. The van der Waals surface area contributed by atoms with Crippen molar-refractivity contribution in [2.75, 3.05) is 16.8 Å². The van der Waals surface area contributed by atoms with Crippen LogP contribution < -0.4 is 9.80 Å². The summed E-state index contributed by atoms with van der Waals surface area (Å²) in [5.74, 6) is 0. The van der Waals surface area contributed by atoms with Crippen LogP contribution in [0.1, 0.15) is 5.56 Å². The van der Waals surface area contributed by atoms with Crippen LogP contribution in [-0.2, 0) is 0 Å². The Balaban J connectivity index is 1.11. The second-order valence-corrected chi connectivity index (χ2v) is 13.5. The van der Waals surface area contributed by atoms with E-state index in [0.29, 0.717) is 0 Å². The van der Waals surface area contributed by atoms with Crippen molar-refractivity contribution in [3.8, 4) is 11.1 Å². The zero-order chi connectivity index (χ0) is 35.9. The first kappa shape index (κ1) is 32.0. The van der Waals surface area contributed by atoms with Gasteiger partial charge in [-0.15, -0.1) is 0 Å². The summed E-state index contributed by atoms with van der Waals surface area (Å²) in [6, 6.07) is 61.5. The van der Waals surface area contributed by atoms with Crippen LogP contribution in [0.5, 0.6) is 0 Å². The van der Waals surface area contributed by atoms with E-state index in [4.69, 9.17) is 0 Å². The molecule has 9 rings (SSSR count). The highest BCUT2D eigenvalue weighted by atomic mass is 15.1. The fourth-order valence-electron chi connectivity index (χ4n) is 7.98. The highest BCUT2D eigenvalue weighted by Crippen LogP contribution is 2.44. The molecule has 9 aromatic carbocycles. The highest BCUT2D eigenvalue weighted by Gasteiger charge is 2.18. The van der Waals surface area contributed by atoms with Crippen molar-refractivity contribution < 1.29 is 0 Å². The molecule has 53 heavy (non-hydrogen) atoms. The maximum atomic E-state index is 4.01. The Bertz CT molecular complexity index is 2740. The number of allylic oxidation sites excluding steroid dienone is 4. The number of fused-ring (bicyclic) bond motifs is 2. The summed E-state index contributed by atoms with van der Waals surface area (Å²) >= 11 is 0. The van der Waals surface area contributed by atoms with Crippen LogP contribution in [0, 0.1) is 0 Å². The lowest BCUT2D eigenvalue weighted by molar-refractivity contribution is 1.21. The molecule has 0 atom stereocenters. The molecule has 0 radical (unpaired) electrons. The van der Waals surface area contributed by atoms with Crippen LogP contribution in [0.15, 0.2) is 201 Å². The first-order valence-electron chi connectivity index (χ1n) is 18.1. The van der Waals surface area contributed by atoms with E-state index >= 15 is 0 Å². The Kier molecular flexibility index (Phi) is 8.06. The summed E-state index contributed by atoms with van der Waals surface area (Å²) in [6.07, 6.45) is 5.66. The fraction of sp³-hybridized carbons (Fsp3) is 0.0196. The Morgan fingerprint density at radius 2 is 0.962 bits per heavy atom. The minimum Gasteiger partial charge on any atom is -0.344 e. The number of benzene rings is 9. The quantitative estimate of drug-likeness (QED) is 0.0852. The van der Waals surface area contributed by atoms with E-state index in [-0.39, 0.29) is 0 Å². The van der Waals surface area contributed by atoms with Gasteiger partial charge in [0.25, 0.3) is 0 Å². The molecule has 9 aromatic rings. The number of nitrogens with zero attached hydrogens (tertiary/aromatic N) is 2. The predicted molar refractivity (Wildman–Crippen MR) is 231 cm³/mol. The zero-order valence-corrected chi connectivity index (χ0v) is 29.7. The maximum Gasteiger partial charge on any atom is 0.0488 e. The van der Waals surface area contributed by atoms with Crippen LogP contribution in [0.2, 0.25) is 0 Å². The van der Waals surface area contributed by atoms with Gasteiger partial charge in [-0.25, -0.2) is 0 Å². The van der Waals surface area contributed by atoms with Crippen molar-refractivity contribution in [1.82, 2.24) is 0 Å². The minimum atomic E-state index is 1.04. The average Bonchev–Trinajstić information content (AvgIpc) is 3.22. The first-order chi connectivity index (χ1) is 26.1. The van der Waals surface area contributed by atoms with Gasteiger partial charge < -0.3 is 9.80 Å². The molecule has 0 aromatic heterocycles. The molecule has 0 unspecified atom stereocenters. The molecule has 0 heterocycles. The molecule has 0 saturated carbocycles. The molecule has 0 N–H and O–H groups in total. The van der Waals surface area contributed by atoms with Crippen LogP contribution in [-0.4, -0.2) is 7.05 Å². The van der Waals surface area contributed by atoms with Gasteiger partial charge in [0, 0.05) is 40.9 Å². The molecule has 0 bridgehead atoms. The molecule has 0 amide bonds. The van der Waals surface area contributed by atoms with E-state index in [1.807, 2.05) is 12.2 Å². The molecule has 2 heteroatoms. The smallest absolute Gasteiger partial charge is 0.0488 e. The first-order valence-corrected chi connectivity index (χ1v) is 18.1. The Morgan fingerprint density at radius 3 is 1.58 bits per heavy atom. The van der Waals surface area contributed by atoms with E-state index in [9.17, 15) is 0 Å². The lowest BCUT2D eigenvalue weighted by Crippen LogP contribution is -2.12. The fourth-order valence-corrected chi connectivity index (χ4v) is 7.98. The number of hydrogen-bond acceptors (Lipinski definition) is 2. The molecular formula is C51H38N2. The Labute approximate surface area is 310 Å². The summed E-state index contributed by atoms with van der Waals surface area (Å²) in [6.45, 7) is 7.88. The van der Waals surface area contributed by atoms with Crippen LogP contribution >= 0.6 is 0 Å². The van der Waals surface area contributed by atoms with Gasteiger partial charge in [0.1, 0.15) is 0 Å². The van der Waals surface area contributed by atoms with Gasteiger partial charge in [0.2, 0.25) is 0 Å². The molecular weight excluding hydrogens is 641 g/mol. The number of anilines is 5. The predicted octanol–water partition coefficient (Wildman–Crippen LogP) is 14.4. The largest absolute Gasteiger partial charge is 0.344 e. The van der Waals surface area contributed by atoms with Gasteiger partial charge >= 0.3 is 0 Å². The van der Waals surface area contributed by atoms with Crippen LogP contribution in [0.4, 0.5) is 28.4 Å². The topological polar surface area (TPSA) is 6.48 Å². The molecule has 0 spiro atoms. The van der Waals surface area contributed by atoms with Crippen molar-refractivity contribution >= 4 is 77.1 Å². The summed E-state index contributed by atoms with van der Waals surface area (Å²) < 4.78 is 0. The molecule has 252 valence electrons. The average molecular weight is 679 g/mol. The normalized spacial score (nSPS) is 11.8. The standard InChI is InChI=1S/C51H38N2/c1-4-12-35(5-2)37-21-25-41(26-22-37)53(42-27-23-38(24-28-42)36-13-7-6-8-14-36)43-31-29-40(30-32-43)52(3)49-34-33-47-45-18-10-16-39-15-9-17-44(50(39)45)46-19-11-20-48(49)51(46)47/h4-34H,1-2H2,3H3/b35-12+. The van der Waals surface area contributed by atoms with E-state index in [1.54, 1.807) is 6.08 Å². The second-order valence-electron chi connectivity index (χ2n) is 13.5. The van der Waals surface area contributed by atoms with Gasteiger partial charge in [-0.1, -0.05) is 147 Å². The summed E-state index contributed by atoms with van der Waals surface area (Å²) in [7, 11) is 2.17. The number of rotatable bonds is 9. The lowest BCUT2D eigenvalue weighted by atomic mass is 9.89. The maximum absolute atomic E-state index is 4.01. The Hall–Kier alpha value is -6.90. The monoisotopic (exact) mass is 678 g/mol. The van der Waals surface area contributed by atoms with Crippen LogP contribution in [0.25, 0.3) is 59.8 Å². The minimum absolute atomic E-state index is 1.04. The number of hydrogen-bond donors (Lipinski definition) is 0. The molecule has 2 nitrogen and oxygen atoms in total. The Morgan fingerprint density at radius 1 is 0.453 bits per heavy atom. The third-order valence-electron chi connectivity index (χ3n) is 10.6. The molecule has 0 saturated heterocycles. The summed E-state index contributed by atoms with van der Waals surface area (Å²) in [4.78, 5) is 4.62. The van der Waals surface area contributed by atoms with Gasteiger partial charge in [-0.3, -0.25) is 0 Å². The summed E-state index contributed by atoms with van der Waals surface area (Å²) in [5.41, 5.74) is 10.1. The van der Waals surface area contributed by atoms with Gasteiger partial charge in [0.15, 0.2) is 0 Å². The molecule has 0 aliphatic rings. The van der Waals surface area contributed by atoms with Crippen molar-refractivity contribution in [1.29, 1.82) is 0 Å². The van der Waals surface area contributed by atoms with Gasteiger partial charge in [0.05, 0.1) is 0 Å². The zero-order valence-electron chi connectivity index (χ0n) is 29.7. The molecule has 0 aliphatic heterocycles. The summed E-state index contributed by atoms with van der Waals surface area (Å²) in [5, 5.41) is 10.4.